The maximum absolute atomic E-state index is 12.3. The molecule has 1 atom stereocenters. The van der Waals surface area contributed by atoms with Gasteiger partial charge in [0, 0.05) is 18.8 Å². The first kappa shape index (κ1) is 16.0. The Balaban J connectivity index is 1.91. The highest BCUT2D eigenvalue weighted by Gasteiger charge is 2.23. The van der Waals surface area contributed by atoms with Crippen LogP contribution in [0.5, 0.6) is 0 Å². The normalized spacial score (nSPS) is 18.9. The Labute approximate surface area is 127 Å². The van der Waals surface area contributed by atoms with Crippen LogP contribution in [0.15, 0.2) is 18.2 Å². The number of anilines is 1. The van der Waals surface area contributed by atoms with Crippen molar-refractivity contribution in [2.75, 3.05) is 31.6 Å². The number of carbonyl (C=O) groups is 1. The Kier molecular flexibility index (Phi) is 5.76. The molecule has 1 aliphatic rings. The molecule has 1 fully saturated rings. The molecule has 1 heterocycles. The van der Waals surface area contributed by atoms with Crippen LogP contribution in [0.4, 0.5) is 5.69 Å². The molecule has 1 saturated heterocycles. The van der Waals surface area contributed by atoms with Crippen LogP contribution in [0.1, 0.15) is 30.9 Å². The van der Waals surface area contributed by atoms with Crippen LogP contribution in [0.25, 0.3) is 0 Å². The predicted octanol–water partition coefficient (Wildman–Crippen LogP) is 2.20. The van der Waals surface area contributed by atoms with E-state index in [1.807, 2.05) is 19.1 Å². The van der Waals surface area contributed by atoms with Gasteiger partial charge in [0.1, 0.15) is 0 Å². The third kappa shape index (κ3) is 4.29. The van der Waals surface area contributed by atoms with E-state index in [2.05, 4.69) is 23.2 Å². The molecule has 0 spiro atoms. The smallest absolute Gasteiger partial charge is 0.238 e. The van der Waals surface area contributed by atoms with Crippen LogP contribution < -0.4 is 5.32 Å². The average molecular weight is 290 g/mol. The summed E-state index contributed by atoms with van der Waals surface area (Å²) in [4.78, 5) is 14.4. The third-order valence-corrected chi connectivity index (χ3v) is 4.28. The average Bonchev–Trinajstić information content (AvgIpc) is 2.88. The number of carbonyl (C=O) groups excluding carboxylic acids is 1. The molecule has 116 valence electrons. The molecule has 0 aliphatic carbocycles. The van der Waals surface area contributed by atoms with Crippen molar-refractivity contribution in [1.82, 2.24) is 4.90 Å². The molecule has 1 unspecified atom stereocenters. The first-order valence-corrected chi connectivity index (χ1v) is 7.85. The summed E-state index contributed by atoms with van der Waals surface area (Å²) in [5, 5.41) is 12.1. The lowest BCUT2D eigenvalue weighted by Crippen LogP contribution is -2.32. The van der Waals surface area contributed by atoms with Gasteiger partial charge < -0.3 is 10.4 Å². The van der Waals surface area contributed by atoms with E-state index >= 15 is 0 Å². The number of hydrogen-bond donors (Lipinski definition) is 2. The highest BCUT2D eigenvalue weighted by atomic mass is 16.3. The molecule has 4 heteroatoms. The van der Waals surface area contributed by atoms with Crippen molar-refractivity contribution >= 4 is 11.6 Å². The Morgan fingerprint density at radius 1 is 1.48 bits per heavy atom. The van der Waals surface area contributed by atoms with Crippen molar-refractivity contribution in [3.8, 4) is 0 Å². The molecular weight excluding hydrogens is 264 g/mol. The van der Waals surface area contributed by atoms with E-state index in [9.17, 15) is 4.79 Å². The van der Waals surface area contributed by atoms with Gasteiger partial charge in [-0.05, 0) is 49.8 Å². The zero-order valence-corrected chi connectivity index (χ0v) is 13.1. The van der Waals surface area contributed by atoms with Crippen molar-refractivity contribution in [1.29, 1.82) is 0 Å². The number of likely N-dealkylation sites (tertiary alicyclic amines) is 1. The standard InChI is InChI=1S/C17H26N2O2/c1-3-15-6-4-5-13(2)17(15)18-16(21)12-19-9-7-14(11-19)8-10-20/h4-6,14,20H,3,7-12H2,1-2H3,(H,18,21). The number of amides is 1. The van der Waals surface area contributed by atoms with Crippen molar-refractivity contribution in [3.05, 3.63) is 29.3 Å². The van der Waals surface area contributed by atoms with Crippen molar-refractivity contribution < 1.29 is 9.90 Å². The highest BCUT2D eigenvalue weighted by molar-refractivity contribution is 5.93. The van der Waals surface area contributed by atoms with Crippen LogP contribution >= 0.6 is 0 Å². The van der Waals surface area contributed by atoms with E-state index in [0.29, 0.717) is 12.5 Å². The van der Waals surface area contributed by atoms with Gasteiger partial charge in [-0.15, -0.1) is 0 Å². The second-order valence-corrected chi connectivity index (χ2v) is 5.91. The summed E-state index contributed by atoms with van der Waals surface area (Å²) < 4.78 is 0. The summed E-state index contributed by atoms with van der Waals surface area (Å²) in [5.74, 6) is 0.594. The summed E-state index contributed by atoms with van der Waals surface area (Å²) in [6.07, 6.45) is 2.84. The minimum absolute atomic E-state index is 0.0589. The molecule has 0 saturated carbocycles. The minimum Gasteiger partial charge on any atom is -0.396 e. The maximum atomic E-state index is 12.3. The van der Waals surface area contributed by atoms with Gasteiger partial charge >= 0.3 is 0 Å². The van der Waals surface area contributed by atoms with E-state index in [4.69, 9.17) is 5.11 Å². The molecular formula is C17H26N2O2. The zero-order valence-electron chi connectivity index (χ0n) is 13.1. The number of nitrogens with zero attached hydrogens (tertiary/aromatic N) is 1. The van der Waals surface area contributed by atoms with Gasteiger partial charge in [0.05, 0.1) is 6.54 Å². The Hall–Kier alpha value is -1.39. The van der Waals surface area contributed by atoms with Gasteiger partial charge in [-0.3, -0.25) is 9.69 Å². The van der Waals surface area contributed by atoms with E-state index < -0.39 is 0 Å². The molecule has 21 heavy (non-hydrogen) atoms. The van der Waals surface area contributed by atoms with Crippen LogP contribution in [0.2, 0.25) is 0 Å². The molecule has 2 N–H and O–H groups in total. The molecule has 1 aromatic rings. The molecule has 2 rings (SSSR count). The number of aliphatic hydroxyl groups is 1. The predicted molar refractivity (Wildman–Crippen MR) is 85.4 cm³/mol. The summed E-state index contributed by atoms with van der Waals surface area (Å²) in [5.41, 5.74) is 3.27. The number of rotatable bonds is 6. The Morgan fingerprint density at radius 2 is 2.29 bits per heavy atom. The SMILES string of the molecule is CCc1cccc(C)c1NC(=O)CN1CCC(CCO)C1. The van der Waals surface area contributed by atoms with Crippen LogP contribution in [0.3, 0.4) is 0 Å². The molecule has 0 radical (unpaired) electrons. The molecule has 1 aromatic carbocycles. The maximum Gasteiger partial charge on any atom is 0.238 e. The van der Waals surface area contributed by atoms with E-state index in [1.165, 1.54) is 5.56 Å². The van der Waals surface area contributed by atoms with Gasteiger partial charge in [0.2, 0.25) is 5.91 Å². The largest absolute Gasteiger partial charge is 0.396 e. The molecule has 0 bridgehead atoms. The number of para-hydroxylation sites is 1. The number of hydrogen-bond acceptors (Lipinski definition) is 3. The van der Waals surface area contributed by atoms with Crippen LogP contribution in [-0.4, -0.2) is 42.2 Å². The lowest BCUT2D eigenvalue weighted by Gasteiger charge is -2.17. The van der Waals surface area contributed by atoms with Crippen LogP contribution in [-0.2, 0) is 11.2 Å². The second kappa shape index (κ2) is 7.57. The van der Waals surface area contributed by atoms with E-state index in [0.717, 1.165) is 43.6 Å². The third-order valence-electron chi connectivity index (χ3n) is 4.28. The monoisotopic (exact) mass is 290 g/mol. The minimum atomic E-state index is 0.0589. The van der Waals surface area contributed by atoms with Crippen molar-refractivity contribution in [2.24, 2.45) is 5.92 Å². The lowest BCUT2D eigenvalue weighted by atomic mass is 10.1. The zero-order chi connectivity index (χ0) is 15.2. The first-order chi connectivity index (χ1) is 10.1. The fourth-order valence-electron chi connectivity index (χ4n) is 3.06. The second-order valence-electron chi connectivity index (χ2n) is 5.91. The fraction of sp³-hybridized carbons (Fsp3) is 0.588. The molecule has 1 amide bonds. The van der Waals surface area contributed by atoms with Crippen molar-refractivity contribution in [2.45, 2.75) is 33.1 Å². The van der Waals surface area contributed by atoms with E-state index in [-0.39, 0.29) is 12.5 Å². The van der Waals surface area contributed by atoms with E-state index in [1.54, 1.807) is 0 Å². The summed E-state index contributed by atoms with van der Waals surface area (Å²) in [6.45, 7) is 6.69. The number of aliphatic hydroxyl groups excluding tert-OH is 1. The number of nitrogens with one attached hydrogen (secondary N) is 1. The quantitative estimate of drug-likeness (QED) is 0.844. The lowest BCUT2D eigenvalue weighted by molar-refractivity contribution is -0.117. The fourth-order valence-corrected chi connectivity index (χ4v) is 3.06. The summed E-state index contributed by atoms with van der Waals surface area (Å²) >= 11 is 0. The van der Waals surface area contributed by atoms with Crippen molar-refractivity contribution in [3.63, 3.8) is 0 Å². The Morgan fingerprint density at radius 3 is 3.00 bits per heavy atom. The summed E-state index contributed by atoms with van der Waals surface area (Å²) in [6, 6.07) is 6.13. The molecule has 0 aromatic heterocycles. The van der Waals surface area contributed by atoms with Gasteiger partial charge in [0.15, 0.2) is 0 Å². The number of aryl methyl sites for hydroxylation is 2. The van der Waals surface area contributed by atoms with Gasteiger partial charge in [-0.2, -0.15) is 0 Å². The van der Waals surface area contributed by atoms with Gasteiger partial charge in [0.25, 0.3) is 0 Å². The van der Waals surface area contributed by atoms with Crippen LogP contribution in [0, 0.1) is 12.8 Å². The molecule has 4 nitrogen and oxygen atoms in total. The highest BCUT2D eigenvalue weighted by Crippen LogP contribution is 2.22. The van der Waals surface area contributed by atoms with Gasteiger partial charge in [-0.1, -0.05) is 25.1 Å². The first-order valence-electron chi connectivity index (χ1n) is 7.85. The number of benzene rings is 1. The Bertz CT molecular complexity index is 488. The van der Waals surface area contributed by atoms with Gasteiger partial charge in [-0.25, -0.2) is 0 Å². The molecule has 1 aliphatic heterocycles. The topological polar surface area (TPSA) is 52.6 Å². The summed E-state index contributed by atoms with van der Waals surface area (Å²) in [7, 11) is 0.